The maximum Gasteiger partial charge on any atom is 0.253 e. The van der Waals surface area contributed by atoms with E-state index >= 15 is 0 Å². The second kappa shape index (κ2) is 13.3. The molecular weight excluding hydrogens is 510 g/mol. The molecule has 1 unspecified atom stereocenters. The summed E-state index contributed by atoms with van der Waals surface area (Å²) in [5, 5.41) is 6.11. The smallest absolute Gasteiger partial charge is 0.253 e. The van der Waals surface area contributed by atoms with Crippen LogP contribution in [-0.4, -0.2) is 35.7 Å². The van der Waals surface area contributed by atoms with Gasteiger partial charge < -0.3 is 24.1 Å². The Kier molecular flexibility index (Phi) is 9.65. The van der Waals surface area contributed by atoms with E-state index in [4.69, 9.17) is 19.2 Å². The number of methoxy groups -OCH3 is 2. The predicted molar refractivity (Wildman–Crippen MR) is 157 cm³/mol. The van der Waals surface area contributed by atoms with Crippen LogP contribution in [0.5, 0.6) is 17.2 Å². The first-order chi connectivity index (χ1) is 19.0. The number of nitrogens with zero attached hydrogens (tertiary/aromatic N) is 2. The molecule has 8 heteroatoms. The molecule has 0 saturated carbocycles. The highest BCUT2D eigenvalue weighted by Crippen LogP contribution is 2.32. The number of unbranched alkanes of at least 4 members (excludes halogenated alkanes) is 1. The van der Waals surface area contributed by atoms with Gasteiger partial charge >= 0.3 is 0 Å². The Morgan fingerprint density at radius 2 is 1.64 bits per heavy atom. The summed E-state index contributed by atoms with van der Waals surface area (Å²) in [5.74, 6) is 2.25. The normalized spacial score (nSPS) is 11.7. The maximum absolute atomic E-state index is 13.4. The van der Waals surface area contributed by atoms with Gasteiger partial charge in [0, 0.05) is 22.8 Å². The van der Waals surface area contributed by atoms with Crippen molar-refractivity contribution in [3.05, 3.63) is 76.2 Å². The summed E-state index contributed by atoms with van der Waals surface area (Å²) < 4.78 is 18.6. The van der Waals surface area contributed by atoms with Gasteiger partial charge in [0.1, 0.15) is 28.9 Å². The first kappa shape index (κ1) is 28.2. The summed E-state index contributed by atoms with van der Waals surface area (Å²) in [5.41, 5.74) is 4.10. The van der Waals surface area contributed by atoms with Crippen molar-refractivity contribution in [1.82, 2.24) is 14.9 Å². The van der Waals surface area contributed by atoms with Gasteiger partial charge in [-0.3, -0.25) is 4.79 Å². The molecule has 2 aromatic heterocycles. The molecule has 2 aromatic carbocycles. The van der Waals surface area contributed by atoms with Crippen LogP contribution in [0.4, 0.5) is 0 Å². The highest BCUT2D eigenvalue weighted by molar-refractivity contribution is 7.09. The lowest BCUT2D eigenvalue weighted by atomic mass is 10.1. The van der Waals surface area contributed by atoms with Crippen molar-refractivity contribution in [2.24, 2.45) is 0 Å². The van der Waals surface area contributed by atoms with Gasteiger partial charge in [0.2, 0.25) is 0 Å². The summed E-state index contributed by atoms with van der Waals surface area (Å²) in [7, 11) is 3.29. The summed E-state index contributed by atoms with van der Waals surface area (Å²) in [6.07, 6.45) is 4.09. The van der Waals surface area contributed by atoms with E-state index in [2.05, 4.69) is 23.7 Å². The van der Waals surface area contributed by atoms with Crippen LogP contribution in [0.2, 0.25) is 0 Å². The molecule has 0 aliphatic rings. The fourth-order valence-electron chi connectivity index (χ4n) is 4.49. The Morgan fingerprint density at radius 1 is 1.00 bits per heavy atom. The number of aromatic nitrogens is 2. The molecule has 1 N–H and O–H groups in total. The minimum atomic E-state index is -0.0535. The number of hydrogen-bond acceptors (Lipinski definition) is 6. The quantitative estimate of drug-likeness (QED) is 0.192. The van der Waals surface area contributed by atoms with Crippen LogP contribution in [0.1, 0.15) is 60.6 Å². The summed E-state index contributed by atoms with van der Waals surface area (Å²) >= 11 is 1.53. The Morgan fingerprint density at radius 3 is 2.26 bits per heavy atom. The molecule has 2 heterocycles. The number of hydrogen-bond donors (Lipinski definition) is 1. The molecule has 4 aromatic rings. The molecule has 7 nitrogen and oxygen atoms in total. The first-order valence-electron chi connectivity index (χ1n) is 13.4. The molecule has 0 saturated heterocycles. The van der Waals surface area contributed by atoms with E-state index in [-0.39, 0.29) is 11.9 Å². The highest BCUT2D eigenvalue weighted by Gasteiger charge is 2.23. The van der Waals surface area contributed by atoms with E-state index in [1.807, 2.05) is 66.9 Å². The van der Waals surface area contributed by atoms with Crippen LogP contribution in [0, 0.1) is 6.92 Å². The largest absolute Gasteiger partial charge is 0.497 e. The lowest BCUT2D eigenvalue weighted by molar-refractivity contribution is 0.0932. The van der Waals surface area contributed by atoms with Crippen LogP contribution in [-0.2, 0) is 6.61 Å². The third-order valence-corrected chi connectivity index (χ3v) is 7.61. The van der Waals surface area contributed by atoms with Crippen molar-refractivity contribution in [2.75, 3.05) is 14.2 Å². The number of carbonyl (C=O) groups is 1. The number of rotatable bonds is 13. The first-order valence-corrected chi connectivity index (χ1v) is 14.2. The van der Waals surface area contributed by atoms with Gasteiger partial charge in [-0.15, -0.1) is 11.3 Å². The molecule has 0 fully saturated rings. The second-order valence-electron chi connectivity index (χ2n) is 9.37. The lowest BCUT2D eigenvalue weighted by Crippen LogP contribution is -2.34. The highest BCUT2D eigenvalue weighted by atomic mass is 32.1. The van der Waals surface area contributed by atoms with Gasteiger partial charge in [-0.2, -0.15) is 0 Å². The molecule has 0 radical (unpaired) electrons. The van der Waals surface area contributed by atoms with Crippen LogP contribution in [0.3, 0.4) is 0 Å². The number of thiazole rings is 1. The molecule has 1 atom stereocenters. The molecule has 0 bridgehead atoms. The van der Waals surface area contributed by atoms with Crippen molar-refractivity contribution in [1.29, 1.82) is 0 Å². The minimum absolute atomic E-state index is 0.0535. The van der Waals surface area contributed by atoms with Gasteiger partial charge in [-0.1, -0.05) is 26.7 Å². The van der Waals surface area contributed by atoms with Crippen molar-refractivity contribution < 1.29 is 19.0 Å². The van der Waals surface area contributed by atoms with E-state index in [0.717, 1.165) is 70.7 Å². The van der Waals surface area contributed by atoms with Crippen molar-refractivity contribution in [2.45, 2.75) is 59.1 Å². The molecule has 0 aliphatic heterocycles. The van der Waals surface area contributed by atoms with E-state index < -0.39 is 0 Å². The van der Waals surface area contributed by atoms with Crippen molar-refractivity contribution in [3.63, 3.8) is 0 Å². The average Bonchev–Trinajstić information content (AvgIpc) is 3.58. The number of benzene rings is 2. The third kappa shape index (κ3) is 6.81. The van der Waals surface area contributed by atoms with Crippen molar-refractivity contribution >= 4 is 17.2 Å². The summed E-state index contributed by atoms with van der Waals surface area (Å²) in [6.45, 7) is 6.62. The molecule has 4 rings (SSSR count). The topological polar surface area (TPSA) is 74.6 Å². The summed E-state index contributed by atoms with van der Waals surface area (Å²) in [4.78, 5) is 18.3. The number of carbonyl (C=O) groups excluding carboxylic acids is 1. The van der Waals surface area contributed by atoms with Crippen LogP contribution < -0.4 is 19.5 Å². The van der Waals surface area contributed by atoms with Crippen LogP contribution in [0.15, 0.2) is 60.0 Å². The number of amides is 1. The summed E-state index contributed by atoms with van der Waals surface area (Å²) in [6, 6.07) is 17.4. The Labute approximate surface area is 234 Å². The zero-order chi connectivity index (χ0) is 27.8. The van der Waals surface area contributed by atoms with Crippen LogP contribution in [0.25, 0.3) is 17.1 Å². The third-order valence-electron chi connectivity index (χ3n) is 6.79. The average molecular weight is 548 g/mol. The van der Waals surface area contributed by atoms with Gasteiger partial charge in [0.05, 0.1) is 31.2 Å². The van der Waals surface area contributed by atoms with Gasteiger partial charge in [-0.05, 0) is 74.4 Å². The predicted octanol–water partition coefficient (Wildman–Crippen LogP) is 7.20. The Bertz CT molecular complexity index is 1360. The van der Waals surface area contributed by atoms with Gasteiger partial charge in [-0.25, -0.2) is 4.98 Å². The fourth-order valence-corrected chi connectivity index (χ4v) is 5.19. The van der Waals surface area contributed by atoms with E-state index in [1.54, 1.807) is 14.2 Å². The molecule has 0 aliphatic carbocycles. The SMILES string of the molecule is CCCCC(CC)NC(=O)c1cc(-c2csc(COc3ccc(OC)cc3)n2)n(-c2ccc(OC)cc2)c1C. The zero-order valence-electron chi connectivity index (χ0n) is 23.3. The van der Waals surface area contributed by atoms with E-state index in [9.17, 15) is 4.79 Å². The molecule has 1 amide bonds. The monoisotopic (exact) mass is 547 g/mol. The standard InChI is InChI=1S/C31H37N3O4S/c1-6-8-9-22(7-2)32-31(35)27-18-29(34(21(27)3)23-10-12-24(36-4)13-11-23)28-20-39-30(33-28)19-38-26-16-14-25(37-5)15-17-26/h10-18,20,22H,6-9,19H2,1-5H3,(H,32,35). The molecule has 206 valence electrons. The van der Waals surface area contributed by atoms with Crippen LogP contribution >= 0.6 is 11.3 Å². The Balaban J connectivity index is 1.63. The zero-order valence-corrected chi connectivity index (χ0v) is 24.1. The van der Waals surface area contributed by atoms with Gasteiger partial charge in [0.25, 0.3) is 5.91 Å². The van der Waals surface area contributed by atoms with E-state index in [1.165, 1.54) is 11.3 Å². The second-order valence-corrected chi connectivity index (χ2v) is 10.3. The fraction of sp³-hybridized carbons (Fsp3) is 0.355. The van der Waals surface area contributed by atoms with E-state index in [0.29, 0.717) is 12.2 Å². The Hall–Kier alpha value is -3.78. The number of ether oxygens (including phenoxy) is 3. The molecule has 39 heavy (non-hydrogen) atoms. The molecular formula is C31H37N3O4S. The van der Waals surface area contributed by atoms with Gasteiger partial charge in [0.15, 0.2) is 0 Å². The molecule has 0 spiro atoms. The number of nitrogens with one attached hydrogen (secondary N) is 1. The maximum atomic E-state index is 13.4. The minimum Gasteiger partial charge on any atom is -0.497 e. The lowest BCUT2D eigenvalue weighted by Gasteiger charge is -2.17. The van der Waals surface area contributed by atoms with Crippen molar-refractivity contribution in [3.8, 4) is 34.3 Å².